The maximum atomic E-state index is 13.3. The average molecular weight is 496 g/mol. The van der Waals surface area contributed by atoms with Gasteiger partial charge in [-0.2, -0.15) is 5.10 Å². The number of aldehydes is 1. The Bertz CT molecular complexity index is 1230. The minimum absolute atomic E-state index is 0.0567. The molecule has 0 fully saturated rings. The van der Waals surface area contributed by atoms with Gasteiger partial charge >= 0.3 is 0 Å². The van der Waals surface area contributed by atoms with Crippen molar-refractivity contribution in [3.8, 4) is 11.3 Å². The van der Waals surface area contributed by atoms with Crippen molar-refractivity contribution in [1.82, 2.24) is 15.1 Å². The highest BCUT2D eigenvalue weighted by atomic mass is 32.2. The number of nitrogens with zero attached hydrogens (tertiary/aromatic N) is 3. The van der Waals surface area contributed by atoms with Crippen molar-refractivity contribution >= 4 is 16.2 Å². The van der Waals surface area contributed by atoms with E-state index in [0.717, 1.165) is 46.3 Å². The fourth-order valence-electron chi connectivity index (χ4n) is 4.28. The molecule has 0 aliphatic rings. The molecule has 0 spiro atoms. The smallest absolute Gasteiger partial charge is 0.134 e. The van der Waals surface area contributed by atoms with Crippen molar-refractivity contribution in [3.05, 3.63) is 70.9 Å². The molecule has 3 rings (SSSR count). The zero-order valence-electron chi connectivity index (χ0n) is 21.5. The topological polar surface area (TPSA) is 104 Å². The Balaban J connectivity index is 2.02. The van der Waals surface area contributed by atoms with E-state index in [4.69, 9.17) is 5.14 Å². The first-order chi connectivity index (χ1) is 16.5. The van der Waals surface area contributed by atoms with Crippen LogP contribution in [0, 0.1) is 0 Å². The average Bonchev–Trinajstić information content (AvgIpc) is 3.34. The number of H-pyrrole nitrogens is 1. The van der Waals surface area contributed by atoms with Crippen molar-refractivity contribution in [2.45, 2.75) is 56.9 Å². The van der Waals surface area contributed by atoms with Crippen LogP contribution in [-0.2, 0) is 21.3 Å². The molecule has 0 saturated heterocycles. The molecule has 2 atom stereocenters. The summed E-state index contributed by atoms with van der Waals surface area (Å²) in [6, 6.07) is 13.5. The van der Waals surface area contributed by atoms with Gasteiger partial charge < -0.3 is 9.69 Å². The van der Waals surface area contributed by atoms with Gasteiger partial charge in [0.15, 0.2) is 0 Å². The molecular formula is C27H37N5O2S. The van der Waals surface area contributed by atoms with Gasteiger partial charge in [-0.15, -0.1) is 0 Å². The number of benzene rings is 2. The highest BCUT2D eigenvalue weighted by Crippen LogP contribution is 2.37. The number of carbonyl (C=O) groups is 1. The summed E-state index contributed by atoms with van der Waals surface area (Å²) in [7, 11) is 0.847. The number of rotatable bonds is 10. The van der Waals surface area contributed by atoms with Gasteiger partial charge in [0, 0.05) is 18.3 Å². The van der Waals surface area contributed by atoms with Crippen LogP contribution in [0.1, 0.15) is 67.7 Å². The Morgan fingerprint density at radius 2 is 1.66 bits per heavy atom. The molecule has 0 bridgehead atoms. The van der Waals surface area contributed by atoms with Gasteiger partial charge in [-0.25, -0.2) is 13.7 Å². The summed E-state index contributed by atoms with van der Waals surface area (Å²) in [6.45, 7) is 9.28. The molecule has 7 nitrogen and oxygen atoms in total. The molecule has 0 aliphatic carbocycles. The molecule has 3 aromatic rings. The van der Waals surface area contributed by atoms with E-state index in [-0.39, 0.29) is 18.4 Å². The maximum Gasteiger partial charge on any atom is 0.134 e. The molecule has 1 heterocycles. The number of aromatic nitrogens is 2. The van der Waals surface area contributed by atoms with E-state index in [2.05, 4.69) is 59.3 Å². The molecule has 0 radical (unpaired) electrons. The zero-order valence-corrected chi connectivity index (χ0v) is 22.3. The van der Waals surface area contributed by atoms with Crippen molar-refractivity contribution in [1.29, 1.82) is 0 Å². The lowest BCUT2D eigenvalue weighted by atomic mass is 9.81. The van der Waals surface area contributed by atoms with Crippen molar-refractivity contribution in [3.63, 3.8) is 0 Å². The summed E-state index contributed by atoms with van der Waals surface area (Å²) >= 11 is 0. The molecule has 0 aliphatic heterocycles. The molecule has 2 unspecified atom stereocenters. The monoisotopic (exact) mass is 495 g/mol. The van der Waals surface area contributed by atoms with Crippen LogP contribution in [0.3, 0.4) is 0 Å². The Labute approximate surface area is 209 Å². The van der Waals surface area contributed by atoms with Crippen LogP contribution in [0.4, 0.5) is 0 Å². The second-order valence-electron chi connectivity index (χ2n) is 9.85. The van der Waals surface area contributed by atoms with Gasteiger partial charge in [0.25, 0.3) is 0 Å². The highest BCUT2D eigenvalue weighted by Gasteiger charge is 2.24. The predicted octanol–water partition coefficient (Wildman–Crippen LogP) is 5.07. The lowest BCUT2D eigenvalue weighted by molar-refractivity contribution is -0.108. The summed E-state index contributed by atoms with van der Waals surface area (Å²) in [5.74, 6) is -0.184. The lowest BCUT2D eigenvalue weighted by Crippen LogP contribution is -2.18. The first-order valence-corrected chi connectivity index (χ1v) is 13.5. The second kappa shape index (κ2) is 11.3. The van der Waals surface area contributed by atoms with Crippen LogP contribution >= 0.6 is 0 Å². The van der Waals surface area contributed by atoms with Crippen LogP contribution in [0.25, 0.3) is 11.3 Å². The highest BCUT2D eigenvalue weighted by molar-refractivity contribution is 7.91. The largest absolute Gasteiger partial charge is 0.305 e. The number of nitrogens with two attached hydrogens (primary N) is 1. The van der Waals surface area contributed by atoms with Gasteiger partial charge in [-0.05, 0) is 78.5 Å². The van der Waals surface area contributed by atoms with E-state index < -0.39 is 15.8 Å². The van der Waals surface area contributed by atoms with Gasteiger partial charge in [0.05, 0.1) is 23.1 Å². The molecule has 35 heavy (non-hydrogen) atoms. The van der Waals surface area contributed by atoms with Crippen molar-refractivity contribution in [2.75, 3.05) is 20.6 Å². The third kappa shape index (κ3) is 6.45. The van der Waals surface area contributed by atoms with Gasteiger partial charge in [-0.1, -0.05) is 39.8 Å². The van der Waals surface area contributed by atoms with Gasteiger partial charge in [0.2, 0.25) is 0 Å². The third-order valence-corrected chi connectivity index (χ3v) is 7.54. The molecule has 0 amide bonds. The van der Waals surface area contributed by atoms with Gasteiger partial charge in [-0.3, -0.25) is 5.10 Å². The van der Waals surface area contributed by atoms with E-state index in [0.29, 0.717) is 4.90 Å². The maximum absolute atomic E-state index is 13.3. The second-order valence-corrected chi connectivity index (χ2v) is 11.7. The Morgan fingerprint density at radius 1 is 1.06 bits per heavy atom. The van der Waals surface area contributed by atoms with Crippen LogP contribution in [0.2, 0.25) is 0 Å². The van der Waals surface area contributed by atoms with Crippen LogP contribution in [-0.4, -0.2) is 46.2 Å². The molecule has 2 aromatic carbocycles. The number of hydrogen-bond acceptors (Lipinski definition) is 5. The van der Waals surface area contributed by atoms with E-state index in [1.165, 1.54) is 0 Å². The number of nitrogens with one attached hydrogen (secondary N) is 1. The van der Waals surface area contributed by atoms with E-state index in [9.17, 15) is 9.00 Å². The van der Waals surface area contributed by atoms with E-state index in [1.54, 1.807) is 18.3 Å². The lowest BCUT2D eigenvalue weighted by Gasteiger charge is -2.24. The fraction of sp³-hybridized carbons (Fsp3) is 0.407. The summed E-state index contributed by atoms with van der Waals surface area (Å²) in [4.78, 5) is 14.9. The van der Waals surface area contributed by atoms with Gasteiger partial charge in [0.1, 0.15) is 16.2 Å². The molecule has 188 valence electrons. The Morgan fingerprint density at radius 3 is 2.11 bits per heavy atom. The van der Waals surface area contributed by atoms with E-state index >= 15 is 0 Å². The first-order valence-electron chi connectivity index (χ1n) is 11.9. The summed E-state index contributed by atoms with van der Waals surface area (Å²) in [6.07, 6.45) is 2.63. The molecule has 3 N–H and O–H groups in total. The fourth-order valence-corrected chi connectivity index (χ4v) is 5.33. The first kappa shape index (κ1) is 26.8. The summed E-state index contributed by atoms with van der Waals surface area (Å²) in [5, 5.41) is 13.3. The quantitative estimate of drug-likeness (QED) is 0.383. The van der Waals surface area contributed by atoms with Crippen LogP contribution in [0.5, 0.6) is 0 Å². The summed E-state index contributed by atoms with van der Waals surface area (Å²) < 4.78 is 17.7. The van der Waals surface area contributed by atoms with Crippen molar-refractivity contribution in [2.24, 2.45) is 9.50 Å². The minimum atomic E-state index is -3.14. The number of hydrogen-bond donors (Lipinski definition) is 2. The Kier molecular flexibility index (Phi) is 8.64. The standard InChI is InChI=1S/C27H37N5O2S/c1-18(2)24-13-21(26-11-12-29-31-26)14-25(19(3)4)27(24)22(17-33)15-30-35(28,34)23-9-7-20(8-10-23)16-32(5)6/h7-14,17-19,22H,15-16H2,1-6H3,(H,29,31)(H2,28,30,34). The van der Waals surface area contributed by atoms with Crippen LogP contribution in [0.15, 0.2) is 57.9 Å². The molecule has 0 saturated carbocycles. The van der Waals surface area contributed by atoms with Crippen molar-refractivity contribution < 1.29 is 9.00 Å². The van der Waals surface area contributed by atoms with E-state index in [1.807, 2.05) is 32.3 Å². The Hall–Kier alpha value is -2.81. The third-order valence-electron chi connectivity index (χ3n) is 6.06. The van der Waals surface area contributed by atoms with Crippen LogP contribution < -0.4 is 5.14 Å². The number of carbonyl (C=O) groups excluding carboxylic acids is 1. The SMILES string of the molecule is CC(C)c1cc(-c2ccn[nH]2)cc(C(C)C)c1C(C=O)CN=S(N)(=O)c1ccc(CN(C)C)cc1. The number of aromatic amines is 1. The summed E-state index contributed by atoms with van der Waals surface area (Å²) in [5.41, 5.74) is 6.15. The minimum Gasteiger partial charge on any atom is -0.305 e. The molecule has 8 heteroatoms. The normalized spacial score (nSPS) is 14.3. The zero-order chi connectivity index (χ0) is 25.8. The molecule has 1 aromatic heterocycles. The predicted molar refractivity (Wildman–Crippen MR) is 143 cm³/mol. The molecular weight excluding hydrogens is 458 g/mol.